The zero-order valence-electron chi connectivity index (χ0n) is 9.93. The van der Waals surface area contributed by atoms with E-state index in [1.807, 2.05) is 6.07 Å². The summed E-state index contributed by atoms with van der Waals surface area (Å²) in [6, 6.07) is 10.6. The van der Waals surface area contributed by atoms with Gasteiger partial charge in [0.2, 0.25) is 0 Å². The molecule has 2 aromatic carbocycles. The summed E-state index contributed by atoms with van der Waals surface area (Å²) in [6.07, 6.45) is 0. The zero-order valence-corrected chi connectivity index (χ0v) is 11.4. The van der Waals surface area contributed by atoms with E-state index in [9.17, 15) is 4.79 Å². The molecular formula is C14H7Cl2NO3. The Labute approximate surface area is 124 Å². The van der Waals surface area contributed by atoms with Crippen LogP contribution in [0.2, 0.25) is 10.0 Å². The molecule has 0 saturated carbocycles. The SMILES string of the molecule is N#Cc1cc(Cl)ccc1Oc1ccc(C(=O)O)cc1Cl. The van der Waals surface area contributed by atoms with Crippen LogP contribution in [0.1, 0.15) is 15.9 Å². The summed E-state index contributed by atoms with van der Waals surface area (Å²) in [6.45, 7) is 0. The Kier molecular flexibility index (Phi) is 4.14. The van der Waals surface area contributed by atoms with Crippen LogP contribution in [0.5, 0.6) is 11.5 Å². The fourth-order valence-electron chi connectivity index (χ4n) is 1.51. The number of rotatable bonds is 3. The van der Waals surface area contributed by atoms with E-state index in [2.05, 4.69) is 0 Å². The Hall–Kier alpha value is -2.22. The van der Waals surface area contributed by atoms with E-state index in [1.165, 1.54) is 24.3 Å². The molecule has 0 heterocycles. The predicted molar refractivity (Wildman–Crippen MR) is 74.7 cm³/mol. The monoisotopic (exact) mass is 307 g/mol. The van der Waals surface area contributed by atoms with Crippen molar-refractivity contribution < 1.29 is 14.6 Å². The van der Waals surface area contributed by atoms with Gasteiger partial charge < -0.3 is 9.84 Å². The molecule has 100 valence electrons. The Bertz CT molecular complexity index is 723. The summed E-state index contributed by atoms with van der Waals surface area (Å²) < 4.78 is 5.51. The van der Waals surface area contributed by atoms with Crippen LogP contribution in [-0.2, 0) is 0 Å². The fourth-order valence-corrected chi connectivity index (χ4v) is 1.90. The molecular weight excluding hydrogens is 301 g/mol. The van der Waals surface area contributed by atoms with Gasteiger partial charge in [-0.15, -0.1) is 0 Å². The molecule has 0 aliphatic rings. The minimum absolute atomic E-state index is 0.0546. The molecule has 0 amide bonds. The van der Waals surface area contributed by atoms with Gasteiger partial charge in [-0.25, -0.2) is 4.79 Å². The first-order chi connectivity index (χ1) is 9.51. The quantitative estimate of drug-likeness (QED) is 0.914. The van der Waals surface area contributed by atoms with E-state index in [0.717, 1.165) is 0 Å². The number of halogens is 2. The Morgan fingerprint density at radius 1 is 1.15 bits per heavy atom. The van der Waals surface area contributed by atoms with Gasteiger partial charge in [0.15, 0.2) is 0 Å². The van der Waals surface area contributed by atoms with Gasteiger partial charge in [0.1, 0.15) is 17.6 Å². The molecule has 0 spiro atoms. The van der Waals surface area contributed by atoms with Crippen molar-refractivity contribution in [2.75, 3.05) is 0 Å². The number of carboxylic acids is 1. The van der Waals surface area contributed by atoms with Gasteiger partial charge in [-0.2, -0.15) is 5.26 Å². The smallest absolute Gasteiger partial charge is 0.335 e. The first kappa shape index (κ1) is 14.2. The highest BCUT2D eigenvalue weighted by Gasteiger charge is 2.11. The molecule has 20 heavy (non-hydrogen) atoms. The van der Waals surface area contributed by atoms with E-state index in [4.69, 9.17) is 38.3 Å². The van der Waals surface area contributed by atoms with Gasteiger partial charge in [0.25, 0.3) is 0 Å². The average molecular weight is 308 g/mol. The lowest BCUT2D eigenvalue weighted by atomic mass is 10.2. The summed E-state index contributed by atoms with van der Waals surface area (Å²) in [5.41, 5.74) is 0.315. The minimum atomic E-state index is -1.08. The van der Waals surface area contributed by atoms with Crippen molar-refractivity contribution in [2.24, 2.45) is 0 Å². The third-order valence-corrected chi connectivity index (χ3v) is 2.99. The molecule has 2 rings (SSSR count). The number of nitriles is 1. The van der Waals surface area contributed by atoms with E-state index >= 15 is 0 Å². The molecule has 0 saturated heterocycles. The largest absolute Gasteiger partial charge is 0.478 e. The van der Waals surface area contributed by atoms with E-state index in [-0.39, 0.29) is 21.9 Å². The maximum absolute atomic E-state index is 10.8. The average Bonchev–Trinajstić information content (AvgIpc) is 2.42. The number of hydrogen-bond acceptors (Lipinski definition) is 3. The first-order valence-electron chi connectivity index (χ1n) is 5.41. The van der Waals surface area contributed by atoms with Crippen LogP contribution in [0, 0.1) is 11.3 Å². The second kappa shape index (κ2) is 5.83. The molecule has 6 heteroatoms. The highest BCUT2D eigenvalue weighted by Crippen LogP contribution is 2.32. The summed E-state index contributed by atoms with van der Waals surface area (Å²) in [5, 5.41) is 18.4. The number of ether oxygens (including phenoxy) is 1. The van der Waals surface area contributed by atoms with Gasteiger partial charge in [0, 0.05) is 5.02 Å². The summed E-state index contributed by atoms with van der Waals surface area (Å²) in [4.78, 5) is 10.8. The van der Waals surface area contributed by atoms with Crippen molar-refractivity contribution in [1.82, 2.24) is 0 Å². The van der Waals surface area contributed by atoms with Crippen molar-refractivity contribution in [3.8, 4) is 17.6 Å². The number of carbonyl (C=O) groups is 1. The third kappa shape index (κ3) is 3.02. The Balaban J connectivity index is 2.36. The van der Waals surface area contributed by atoms with Crippen LogP contribution in [0.4, 0.5) is 0 Å². The molecule has 0 fully saturated rings. The number of nitrogens with zero attached hydrogens (tertiary/aromatic N) is 1. The first-order valence-corrected chi connectivity index (χ1v) is 6.17. The Morgan fingerprint density at radius 2 is 1.85 bits per heavy atom. The van der Waals surface area contributed by atoms with Crippen LogP contribution >= 0.6 is 23.2 Å². The van der Waals surface area contributed by atoms with Crippen molar-refractivity contribution in [1.29, 1.82) is 5.26 Å². The second-order valence-corrected chi connectivity index (χ2v) is 4.65. The highest BCUT2D eigenvalue weighted by molar-refractivity contribution is 6.32. The van der Waals surface area contributed by atoms with Crippen LogP contribution in [-0.4, -0.2) is 11.1 Å². The zero-order chi connectivity index (χ0) is 14.7. The van der Waals surface area contributed by atoms with E-state index in [0.29, 0.717) is 10.8 Å². The molecule has 1 N–H and O–H groups in total. The lowest BCUT2D eigenvalue weighted by Gasteiger charge is -2.09. The molecule has 0 aliphatic heterocycles. The molecule has 2 aromatic rings. The summed E-state index contributed by atoms with van der Waals surface area (Å²) in [5.74, 6) is -0.528. The summed E-state index contributed by atoms with van der Waals surface area (Å²) in [7, 11) is 0. The number of benzene rings is 2. The second-order valence-electron chi connectivity index (χ2n) is 3.80. The van der Waals surface area contributed by atoms with Gasteiger partial charge >= 0.3 is 5.97 Å². The molecule has 0 atom stereocenters. The third-order valence-electron chi connectivity index (χ3n) is 2.46. The van der Waals surface area contributed by atoms with Crippen LogP contribution in [0.25, 0.3) is 0 Å². The minimum Gasteiger partial charge on any atom is -0.478 e. The van der Waals surface area contributed by atoms with Gasteiger partial charge in [-0.1, -0.05) is 23.2 Å². The Morgan fingerprint density at radius 3 is 2.45 bits per heavy atom. The van der Waals surface area contributed by atoms with Crippen molar-refractivity contribution >= 4 is 29.2 Å². The van der Waals surface area contributed by atoms with E-state index < -0.39 is 5.97 Å². The van der Waals surface area contributed by atoms with E-state index in [1.54, 1.807) is 12.1 Å². The maximum atomic E-state index is 10.8. The maximum Gasteiger partial charge on any atom is 0.335 e. The molecule has 0 radical (unpaired) electrons. The van der Waals surface area contributed by atoms with Crippen molar-refractivity contribution in [2.45, 2.75) is 0 Å². The normalized spacial score (nSPS) is 9.85. The van der Waals surface area contributed by atoms with Gasteiger partial charge in [0.05, 0.1) is 16.1 Å². The lowest BCUT2D eigenvalue weighted by molar-refractivity contribution is 0.0697. The number of hydrogen-bond donors (Lipinski definition) is 1. The highest BCUT2D eigenvalue weighted by atomic mass is 35.5. The molecule has 0 aromatic heterocycles. The molecule has 0 aliphatic carbocycles. The topological polar surface area (TPSA) is 70.3 Å². The molecule has 0 unspecified atom stereocenters. The summed E-state index contributed by atoms with van der Waals surface area (Å²) >= 11 is 11.7. The van der Waals surface area contributed by atoms with Crippen molar-refractivity contribution in [3.63, 3.8) is 0 Å². The van der Waals surface area contributed by atoms with Gasteiger partial charge in [-0.05, 0) is 36.4 Å². The van der Waals surface area contributed by atoms with Crippen LogP contribution in [0.15, 0.2) is 36.4 Å². The number of carboxylic acid groups (broad SMARTS) is 1. The van der Waals surface area contributed by atoms with Crippen LogP contribution in [0.3, 0.4) is 0 Å². The predicted octanol–water partition coefficient (Wildman–Crippen LogP) is 4.36. The molecule has 0 bridgehead atoms. The van der Waals surface area contributed by atoms with Gasteiger partial charge in [-0.3, -0.25) is 0 Å². The van der Waals surface area contributed by atoms with Crippen LogP contribution < -0.4 is 4.74 Å². The lowest BCUT2D eigenvalue weighted by Crippen LogP contribution is -1.96. The molecule has 4 nitrogen and oxygen atoms in total. The number of aromatic carboxylic acids is 1. The van der Waals surface area contributed by atoms with Crippen molar-refractivity contribution in [3.05, 3.63) is 57.6 Å². The fraction of sp³-hybridized carbons (Fsp3) is 0. The standard InChI is InChI=1S/C14H7Cl2NO3/c15-10-2-4-12(9(5-10)7-17)20-13-3-1-8(14(18)19)6-11(13)16/h1-6H,(H,18,19).